The fourth-order valence-electron chi connectivity index (χ4n) is 3.19. The molecule has 0 saturated carbocycles. The first-order valence-electron chi connectivity index (χ1n) is 10.5. The Labute approximate surface area is 203 Å². The highest BCUT2D eigenvalue weighted by Gasteiger charge is 2.30. The summed E-state index contributed by atoms with van der Waals surface area (Å²) in [4.78, 5) is 35.7. The van der Waals surface area contributed by atoms with Gasteiger partial charge in [0.05, 0.1) is 23.3 Å². The standard InChI is InChI=1S/C24H21F3N4O5/c1-14(22(32)30-20-13-19(31(34)35)9-10-21(20)36-2)28-17-7-3-5-15(11-17)23(33)29-18-8-4-6-16(12-18)24(25,26)27/h3-14,28H,1-2H3,(H,29,33)(H,30,32)/t14-/m1/s1. The molecule has 0 spiro atoms. The minimum Gasteiger partial charge on any atom is -0.495 e. The van der Waals surface area contributed by atoms with Crippen molar-refractivity contribution in [2.75, 3.05) is 23.1 Å². The molecule has 0 aliphatic rings. The number of nitrogens with one attached hydrogen (secondary N) is 3. The first-order chi connectivity index (χ1) is 17.0. The smallest absolute Gasteiger partial charge is 0.416 e. The summed E-state index contributed by atoms with van der Waals surface area (Å²) in [7, 11) is 1.36. The van der Waals surface area contributed by atoms with Crippen LogP contribution in [-0.4, -0.2) is 29.9 Å². The molecular formula is C24H21F3N4O5. The molecule has 3 aromatic carbocycles. The molecule has 36 heavy (non-hydrogen) atoms. The number of nitro benzene ring substituents is 1. The van der Waals surface area contributed by atoms with Crippen molar-refractivity contribution >= 4 is 34.6 Å². The van der Waals surface area contributed by atoms with Crippen molar-refractivity contribution in [2.24, 2.45) is 0 Å². The van der Waals surface area contributed by atoms with Gasteiger partial charge >= 0.3 is 6.18 Å². The molecule has 0 radical (unpaired) electrons. The largest absolute Gasteiger partial charge is 0.495 e. The number of amides is 2. The maximum Gasteiger partial charge on any atom is 0.416 e. The molecule has 0 unspecified atom stereocenters. The third kappa shape index (κ3) is 6.50. The number of methoxy groups -OCH3 is 1. The van der Waals surface area contributed by atoms with Gasteiger partial charge in [0.15, 0.2) is 0 Å². The summed E-state index contributed by atoms with van der Waals surface area (Å²) in [6.45, 7) is 1.54. The third-order valence-electron chi connectivity index (χ3n) is 5.00. The number of nitro groups is 1. The van der Waals surface area contributed by atoms with Crippen LogP contribution in [0.15, 0.2) is 66.7 Å². The average molecular weight is 502 g/mol. The molecule has 0 fully saturated rings. The van der Waals surface area contributed by atoms with Gasteiger partial charge in [-0.05, 0) is 49.4 Å². The van der Waals surface area contributed by atoms with E-state index < -0.39 is 34.5 Å². The van der Waals surface area contributed by atoms with Gasteiger partial charge in [0, 0.05) is 29.1 Å². The highest BCUT2D eigenvalue weighted by atomic mass is 19.4. The van der Waals surface area contributed by atoms with Gasteiger partial charge in [0.25, 0.3) is 11.6 Å². The van der Waals surface area contributed by atoms with Gasteiger partial charge in [0.1, 0.15) is 11.8 Å². The number of carbonyl (C=O) groups is 2. The van der Waals surface area contributed by atoms with E-state index in [0.29, 0.717) is 5.69 Å². The molecule has 2 amide bonds. The summed E-state index contributed by atoms with van der Waals surface area (Å²) in [6.07, 6.45) is -4.55. The second-order valence-electron chi connectivity index (χ2n) is 7.61. The number of carbonyl (C=O) groups excluding carboxylic acids is 2. The Morgan fingerprint density at radius 3 is 2.33 bits per heavy atom. The molecule has 0 bridgehead atoms. The van der Waals surface area contributed by atoms with Crippen LogP contribution in [0.2, 0.25) is 0 Å². The van der Waals surface area contributed by atoms with Gasteiger partial charge in [-0.1, -0.05) is 12.1 Å². The first kappa shape index (κ1) is 26.0. The lowest BCUT2D eigenvalue weighted by molar-refractivity contribution is -0.384. The number of alkyl halides is 3. The predicted octanol–water partition coefficient (Wildman–Crippen LogP) is 5.31. The van der Waals surface area contributed by atoms with Crippen molar-refractivity contribution < 1.29 is 32.4 Å². The Hall–Kier alpha value is -4.61. The molecular weight excluding hydrogens is 481 g/mol. The molecule has 188 valence electrons. The zero-order valence-electron chi connectivity index (χ0n) is 19.1. The Kier molecular flexibility index (Phi) is 7.77. The van der Waals surface area contributed by atoms with Crippen molar-refractivity contribution in [3.05, 3.63) is 88.0 Å². The summed E-state index contributed by atoms with van der Waals surface area (Å²) in [5.74, 6) is -0.946. The number of ether oxygens (including phenoxy) is 1. The maximum absolute atomic E-state index is 12.9. The van der Waals surface area contributed by atoms with Gasteiger partial charge in [-0.15, -0.1) is 0 Å². The number of benzene rings is 3. The topological polar surface area (TPSA) is 123 Å². The zero-order valence-corrected chi connectivity index (χ0v) is 19.1. The van der Waals surface area contributed by atoms with E-state index in [-0.39, 0.29) is 28.4 Å². The highest BCUT2D eigenvalue weighted by Crippen LogP contribution is 2.31. The second-order valence-corrected chi connectivity index (χ2v) is 7.61. The summed E-state index contributed by atoms with van der Waals surface area (Å²) >= 11 is 0. The van der Waals surface area contributed by atoms with Gasteiger partial charge in [-0.3, -0.25) is 19.7 Å². The average Bonchev–Trinajstić information content (AvgIpc) is 2.83. The number of non-ortho nitro benzene ring substituents is 1. The van der Waals surface area contributed by atoms with E-state index in [0.717, 1.165) is 12.1 Å². The third-order valence-corrected chi connectivity index (χ3v) is 5.00. The summed E-state index contributed by atoms with van der Waals surface area (Å²) in [5, 5.41) is 18.9. The molecule has 12 heteroatoms. The second kappa shape index (κ2) is 10.8. The van der Waals surface area contributed by atoms with E-state index in [1.54, 1.807) is 6.07 Å². The first-order valence-corrected chi connectivity index (χ1v) is 10.5. The van der Waals surface area contributed by atoms with E-state index in [1.165, 1.54) is 62.6 Å². The van der Waals surface area contributed by atoms with Crippen LogP contribution in [0, 0.1) is 10.1 Å². The van der Waals surface area contributed by atoms with Crippen LogP contribution < -0.4 is 20.7 Å². The lowest BCUT2D eigenvalue weighted by atomic mass is 10.1. The molecule has 0 heterocycles. The number of nitrogens with zero attached hydrogens (tertiary/aromatic N) is 1. The number of rotatable bonds is 8. The molecule has 0 aliphatic carbocycles. The van der Waals surface area contributed by atoms with Crippen LogP contribution in [-0.2, 0) is 11.0 Å². The highest BCUT2D eigenvalue weighted by molar-refractivity contribution is 6.05. The van der Waals surface area contributed by atoms with Crippen LogP contribution in [0.25, 0.3) is 0 Å². The molecule has 3 aromatic rings. The molecule has 0 aliphatic heterocycles. The van der Waals surface area contributed by atoms with Crippen LogP contribution in [0.4, 0.5) is 35.9 Å². The zero-order chi connectivity index (χ0) is 26.5. The minimum absolute atomic E-state index is 0.0214. The molecule has 0 saturated heterocycles. The monoisotopic (exact) mass is 502 g/mol. The number of anilines is 3. The van der Waals surface area contributed by atoms with Crippen LogP contribution in [0.1, 0.15) is 22.8 Å². The van der Waals surface area contributed by atoms with E-state index in [1.807, 2.05) is 0 Å². The molecule has 0 aromatic heterocycles. The fraction of sp³-hybridized carbons (Fsp3) is 0.167. The molecule has 3 N–H and O–H groups in total. The Morgan fingerprint density at radius 1 is 0.972 bits per heavy atom. The Balaban J connectivity index is 1.69. The molecule has 1 atom stereocenters. The maximum atomic E-state index is 12.9. The van der Waals surface area contributed by atoms with Gasteiger partial charge in [-0.25, -0.2) is 0 Å². The number of halogens is 3. The van der Waals surface area contributed by atoms with Gasteiger partial charge in [0.2, 0.25) is 5.91 Å². The van der Waals surface area contributed by atoms with Crippen LogP contribution in [0.5, 0.6) is 5.75 Å². The summed E-state index contributed by atoms with van der Waals surface area (Å²) < 4.78 is 43.9. The lowest BCUT2D eigenvalue weighted by Gasteiger charge is -2.17. The molecule has 3 rings (SSSR count). The van der Waals surface area contributed by atoms with Crippen molar-refractivity contribution in [2.45, 2.75) is 19.1 Å². The fourth-order valence-corrected chi connectivity index (χ4v) is 3.19. The Morgan fingerprint density at radius 2 is 1.67 bits per heavy atom. The van der Waals surface area contributed by atoms with Crippen LogP contribution >= 0.6 is 0 Å². The normalized spacial score (nSPS) is 11.8. The number of hydrogen-bond donors (Lipinski definition) is 3. The molecule has 9 nitrogen and oxygen atoms in total. The minimum atomic E-state index is -4.55. The Bertz CT molecular complexity index is 1300. The van der Waals surface area contributed by atoms with E-state index in [4.69, 9.17) is 4.74 Å². The van der Waals surface area contributed by atoms with Crippen molar-refractivity contribution in [1.29, 1.82) is 0 Å². The van der Waals surface area contributed by atoms with Crippen LogP contribution in [0.3, 0.4) is 0 Å². The van der Waals surface area contributed by atoms with E-state index in [9.17, 15) is 32.9 Å². The van der Waals surface area contributed by atoms with Crippen molar-refractivity contribution in [3.8, 4) is 5.75 Å². The lowest BCUT2D eigenvalue weighted by Crippen LogP contribution is -2.32. The van der Waals surface area contributed by atoms with E-state index >= 15 is 0 Å². The predicted molar refractivity (Wildman–Crippen MR) is 127 cm³/mol. The van der Waals surface area contributed by atoms with Crippen molar-refractivity contribution in [3.63, 3.8) is 0 Å². The van der Waals surface area contributed by atoms with E-state index in [2.05, 4.69) is 16.0 Å². The quantitative estimate of drug-likeness (QED) is 0.283. The van der Waals surface area contributed by atoms with Gasteiger partial charge < -0.3 is 20.7 Å². The van der Waals surface area contributed by atoms with Crippen molar-refractivity contribution in [1.82, 2.24) is 0 Å². The number of hydrogen-bond acceptors (Lipinski definition) is 6. The summed E-state index contributed by atoms with van der Waals surface area (Å²) in [6, 6.07) is 13.2. The SMILES string of the molecule is COc1ccc([N+](=O)[O-])cc1NC(=O)[C@@H](C)Nc1cccc(C(=O)Nc2cccc(C(F)(F)F)c2)c1. The van der Waals surface area contributed by atoms with Gasteiger partial charge in [-0.2, -0.15) is 13.2 Å². The summed E-state index contributed by atoms with van der Waals surface area (Å²) in [5.41, 5.74) is -0.501.